The molecule has 6 nitrogen and oxygen atoms in total. The lowest BCUT2D eigenvalue weighted by Gasteiger charge is -2.14. The van der Waals surface area contributed by atoms with Gasteiger partial charge in [-0.3, -0.25) is 9.59 Å². The summed E-state index contributed by atoms with van der Waals surface area (Å²) in [6.45, 7) is 5.57. The van der Waals surface area contributed by atoms with Crippen LogP contribution in [-0.2, 0) is 12.8 Å². The third-order valence-corrected chi connectivity index (χ3v) is 5.34. The first kappa shape index (κ1) is 20.8. The average molecular weight is 422 g/mol. The van der Waals surface area contributed by atoms with Crippen molar-refractivity contribution < 1.29 is 23.2 Å². The highest BCUT2D eigenvalue weighted by Crippen LogP contribution is 2.41. The van der Waals surface area contributed by atoms with Crippen molar-refractivity contribution in [1.82, 2.24) is 10.5 Å². The second-order valence-electron chi connectivity index (χ2n) is 7.74. The molecule has 0 saturated carbocycles. The summed E-state index contributed by atoms with van der Waals surface area (Å²) < 4.78 is 25.8. The van der Waals surface area contributed by atoms with E-state index < -0.39 is 5.82 Å². The van der Waals surface area contributed by atoms with Crippen LogP contribution in [0.3, 0.4) is 0 Å². The molecule has 160 valence electrons. The number of fused-ring (bicyclic) bond motifs is 1. The number of carbonyl (C=O) groups is 2. The number of ether oxygens (including phenoxy) is 1. The molecule has 0 radical (unpaired) electrons. The third-order valence-electron chi connectivity index (χ3n) is 5.34. The van der Waals surface area contributed by atoms with E-state index in [2.05, 4.69) is 10.5 Å². The Morgan fingerprint density at radius 1 is 1.19 bits per heavy atom. The highest BCUT2D eigenvalue weighted by atomic mass is 19.1. The Kier molecular flexibility index (Phi) is 5.59. The molecule has 0 spiro atoms. The minimum absolute atomic E-state index is 0.133. The Hall–Kier alpha value is -3.48. The lowest BCUT2D eigenvalue weighted by Crippen LogP contribution is -2.34. The summed E-state index contributed by atoms with van der Waals surface area (Å²) in [5.41, 5.74) is 3.50. The van der Waals surface area contributed by atoms with Gasteiger partial charge < -0.3 is 14.6 Å². The molecule has 2 heterocycles. The summed E-state index contributed by atoms with van der Waals surface area (Å²) in [5.74, 6) is 0.338. The van der Waals surface area contributed by atoms with Crippen LogP contribution in [0.5, 0.6) is 5.75 Å². The van der Waals surface area contributed by atoms with E-state index in [4.69, 9.17) is 9.26 Å². The molecule has 0 bridgehead atoms. The van der Waals surface area contributed by atoms with Gasteiger partial charge in [0.2, 0.25) is 0 Å². The second kappa shape index (κ2) is 8.34. The quantitative estimate of drug-likeness (QED) is 0.600. The van der Waals surface area contributed by atoms with E-state index in [-0.39, 0.29) is 30.0 Å². The van der Waals surface area contributed by atoms with Crippen LogP contribution in [-0.4, -0.2) is 29.5 Å². The number of aromatic nitrogens is 1. The van der Waals surface area contributed by atoms with Crippen molar-refractivity contribution in [2.75, 3.05) is 6.54 Å². The molecule has 1 N–H and O–H groups in total. The van der Waals surface area contributed by atoms with E-state index in [9.17, 15) is 14.0 Å². The highest BCUT2D eigenvalue weighted by Gasteiger charge is 2.28. The molecule has 1 aliphatic heterocycles. The van der Waals surface area contributed by atoms with Crippen LogP contribution in [0.4, 0.5) is 4.39 Å². The largest absolute Gasteiger partial charge is 0.487 e. The number of hydrogen-bond acceptors (Lipinski definition) is 5. The maximum Gasteiger partial charge on any atom is 0.273 e. The summed E-state index contributed by atoms with van der Waals surface area (Å²) in [7, 11) is 0. The van der Waals surface area contributed by atoms with Gasteiger partial charge in [-0.05, 0) is 49.2 Å². The number of hydrogen-bond donors (Lipinski definition) is 1. The van der Waals surface area contributed by atoms with Gasteiger partial charge in [0.25, 0.3) is 5.91 Å². The van der Waals surface area contributed by atoms with Crippen LogP contribution in [0.1, 0.15) is 51.6 Å². The van der Waals surface area contributed by atoms with Crippen LogP contribution in [0, 0.1) is 12.7 Å². The van der Waals surface area contributed by atoms with E-state index in [0.29, 0.717) is 41.0 Å². The summed E-state index contributed by atoms with van der Waals surface area (Å²) in [6, 6.07) is 9.80. The topological polar surface area (TPSA) is 81.4 Å². The Labute approximate surface area is 179 Å². The van der Waals surface area contributed by atoms with Gasteiger partial charge in [-0.15, -0.1) is 0 Å². The molecule has 1 aliphatic rings. The molecule has 0 fully saturated rings. The van der Waals surface area contributed by atoms with Crippen molar-refractivity contribution in [1.29, 1.82) is 0 Å². The van der Waals surface area contributed by atoms with E-state index in [0.717, 1.165) is 11.1 Å². The summed E-state index contributed by atoms with van der Waals surface area (Å²) >= 11 is 0. The molecule has 0 saturated heterocycles. The van der Waals surface area contributed by atoms with E-state index in [1.54, 1.807) is 12.1 Å². The zero-order chi connectivity index (χ0) is 22.1. The van der Waals surface area contributed by atoms with Crippen molar-refractivity contribution in [2.45, 2.75) is 39.7 Å². The first-order valence-corrected chi connectivity index (χ1v) is 10.2. The van der Waals surface area contributed by atoms with E-state index in [1.165, 1.54) is 19.1 Å². The minimum atomic E-state index is -0.420. The molecule has 0 unspecified atom stereocenters. The maximum atomic E-state index is 14.6. The molecule has 0 aliphatic carbocycles. The van der Waals surface area contributed by atoms with Gasteiger partial charge in [0.15, 0.2) is 11.5 Å². The fourth-order valence-electron chi connectivity index (χ4n) is 3.74. The second-order valence-corrected chi connectivity index (χ2v) is 7.74. The Balaban J connectivity index is 1.55. The molecule has 3 aromatic rings. The third kappa shape index (κ3) is 4.21. The molecule has 7 heteroatoms. The van der Waals surface area contributed by atoms with Crippen molar-refractivity contribution in [2.24, 2.45) is 0 Å². The zero-order valence-corrected chi connectivity index (χ0v) is 17.6. The number of carbonyl (C=O) groups excluding carboxylic acids is 2. The predicted molar refractivity (Wildman–Crippen MR) is 113 cm³/mol. The van der Waals surface area contributed by atoms with E-state index >= 15 is 0 Å². The number of rotatable bonds is 6. The Morgan fingerprint density at radius 2 is 2.00 bits per heavy atom. The van der Waals surface area contributed by atoms with Gasteiger partial charge in [-0.25, -0.2) is 4.39 Å². The minimum Gasteiger partial charge on any atom is -0.487 e. The lowest BCUT2D eigenvalue weighted by molar-refractivity contribution is 0.0924. The smallest absolute Gasteiger partial charge is 0.273 e. The normalized spacial score (nSPS) is 14.8. The number of nitrogens with one attached hydrogen (secondary N) is 1. The molecule has 1 atom stereocenters. The van der Waals surface area contributed by atoms with Gasteiger partial charge in [0.1, 0.15) is 23.4 Å². The molecule has 1 aromatic heterocycles. The fraction of sp³-hybridized carbons (Fsp3) is 0.292. The van der Waals surface area contributed by atoms with Gasteiger partial charge in [-0.2, -0.15) is 0 Å². The number of nitrogens with zero attached hydrogens (tertiary/aromatic N) is 1. The SMILES string of the molecule is CCc1cc(C(=O)NC[C@H]2Cc3cc(C)cc(-c4cc(C(C)=O)ccc4F)c3O2)no1. The van der Waals surface area contributed by atoms with Crippen LogP contribution >= 0.6 is 0 Å². The number of halogens is 1. The fourth-order valence-corrected chi connectivity index (χ4v) is 3.74. The number of Topliss-reactive ketones (excluding diaryl/α,β-unsaturated/α-hetero) is 1. The predicted octanol–water partition coefficient (Wildman–Crippen LogP) is 4.29. The van der Waals surface area contributed by atoms with Crippen LogP contribution in [0.15, 0.2) is 40.9 Å². The first-order chi connectivity index (χ1) is 14.9. The van der Waals surface area contributed by atoms with Crippen molar-refractivity contribution in [3.8, 4) is 16.9 Å². The Bertz CT molecular complexity index is 1170. The molecule has 31 heavy (non-hydrogen) atoms. The van der Waals surface area contributed by atoms with Crippen molar-refractivity contribution >= 4 is 11.7 Å². The summed E-state index contributed by atoms with van der Waals surface area (Å²) in [6.07, 6.45) is 0.943. The van der Waals surface area contributed by atoms with Gasteiger partial charge >= 0.3 is 0 Å². The molecule has 2 aromatic carbocycles. The van der Waals surface area contributed by atoms with E-state index in [1.807, 2.05) is 26.0 Å². The Morgan fingerprint density at radius 3 is 2.71 bits per heavy atom. The number of amides is 1. The monoisotopic (exact) mass is 422 g/mol. The molecular formula is C24H23FN2O4. The summed E-state index contributed by atoms with van der Waals surface area (Å²) in [4.78, 5) is 24.1. The van der Waals surface area contributed by atoms with Gasteiger partial charge in [0.05, 0.1) is 6.54 Å². The van der Waals surface area contributed by atoms with Crippen LogP contribution in [0.25, 0.3) is 11.1 Å². The molecule has 4 rings (SSSR count). The van der Waals surface area contributed by atoms with Crippen LogP contribution in [0.2, 0.25) is 0 Å². The zero-order valence-electron chi connectivity index (χ0n) is 17.6. The average Bonchev–Trinajstić information content (AvgIpc) is 3.38. The molecular weight excluding hydrogens is 399 g/mol. The highest BCUT2D eigenvalue weighted by molar-refractivity contribution is 5.95. The lowest BCUT2D eigenvalue weighted by atomic mass is 9.95. The standard InChI is InChI=1S/C24H23FN2O4/c1-4-17-11-22(27-31-17)24(29)26-12-18-9-16-7-13(2)8-20(23(16)30-18)19-10-15(14(3)28)5-6-21(19)25/h5-8,10-11,18H,4,9,12H2,1-3H3,(H,26,29)/t18-/m1/s1. The molecule has 1 amide bonds. The number of benzene rings is 2. The van der Waals surface area contributed by atoms with Gasteiger partial charge in [0, 0.05) is 35.6 Å². The summed E-state index contributed by atoms with van der Waals surface area (Å²) in [5, 5.41) is 6.59. The van der Waals surface area contributed by atoms with Crippen molar-refractivity contribution in [3.63, 3.8) is 0 Å². The maximum absolute atomic E-state index is 14.6. The first-order valence-electron chi connectivity index (χ1n) is 10.2. The number of aryl methyl sites for hydroxylation is 2. The van der Waals surface area contributed by atoms with Crippen LogP contribution < -0.4 is 10.1 Å². The number of ketones is 1. The van der Waals surface area contributed by atoms with Crippen molar-refractivity contribution in [3.05, 3.63) is 70.4 Å². The van der Waals surface area contributed by atoms with Gasteiger partial charge in [-0.1, -0.05) is 18.1 Å².